The molecule has 1 aromatic heterocycles. The zero-order chi connectivity index (χ0) is 15.1. The second-order valence-electron chi connectivity index (χ2n) is 4.30. The lowest BCUT2D eigenvalue weighted by molar-refractivity contribution is -0.114. The number of halogens is 3. The van der Waals surface area contributed by atoms with Crippen molar-refractivity contribution in [1.82, 2.24) is 9.97 Å². The molecule has 5 nitrogen and oxygen atoms in total. The smallest absolute Gasteiger partial charge is 0.296 e. The van der Waals surface area contributed by atoms with Gasteiger partial charge in [0.2, 0.25) is 0 Å². The maximum atomic E-state index is 14.0. The van der Waals surface area contributed by atoms with Crippen molar-refractivity contribution in [2.75, 3.05) is 4.90 Å². The molecule has 0 spiro atoms. The molecule has 0 atom stereocenters. The van der Waals surface area contributed by atoms with Crippen LogP contribution in [0.2, 0.25) is 10.2 Å². The quantitative estimate of drug-likeness (QED) is 0.796. The molecule has 0 saturated heterocycles. The van der Waals surface area contributed by atoms with Crippen LogP contribution in [0.4, 0.5) is 10.1 Å². The first-order chi connectivity index (χ1) is 9.99. The molecular weight excluding hydrogens is 320 g/mol. The number of carbonyl (C=O) groups is 2. The van der Waals surface area contributed by atoms with E-state index < -0.39 is 17.5 Å². The average Bonchev–Trinajstić information content (AvgIpc) is 2.71. The van der Waals surface area contributed by atoms with E-state index in [0.717, 1.165) is 11.0 Å². The molecule has 1 aliphatic rings. The van der Waals surface area contributed by atoms with Crippen LogP contribution in [0.1, 0.15) is 16.1 Å². The van der Waals surface area contributed by atoms with Gasteiger partial charge in [-0.1, -0.05) is 23.2 Å². The van der Waals surface area contributed by atoms with E-state index in [-0.39, 0.29) is 28.0 Å². The highest BCUT2D eigenvalue weighted by Gasteiger charge is 2.40. The van der Waals surface area contributed by atoms with E-state index in [2.05, 4.69) is 9.97 Å². The summed E-state index contributed by atoms with van der Waals surface area (Å²) in [4.78, 5) is 32.7. The van der Waals surface area contributed by atoms with Gasteiger partial charge in [-0.05, 0) is 12.1 Å². The Hall–Kier alpha value is -2.05. The van der Waals surface area contributed by atoms with Gasteiger partial charge in [0.05, 0.1) is 40.9 Å². The SMILES string of the molecule is O=C1C(=O)N(Cc2cnc(Cl)cn2)c2c(F)ccc(Cl)c21. The minimum absolute atomic E-state index is 0.0365. The molecule has 106 valence electrons. The number of nitrogens with zero attached hydrogens (tertiary/aromatic N) is 3. The number of fused-ring (bicyclic) bond motifs is 1. The van der Waals surface area contributed by atoms with Gasteiger partial charge >= 0.3 is 0 Å². The summed E-state index contributed by atoms with van der Waals surface area (Å²) >= 11 is 11.5. The minimum atomic E-state index is -0.853. The summed E-state index contributed by atoms with van der Waals surface area (Å²) in [6.45, 7) is -0.0982. The molecule has 0 bridgehead atoms. The van der Waals surface area contributed by atoms with Crippen LogP contribution in [-0.4, -0.2) is 21.7 Å². The van der Waals surface area contributed by atoms with Gasteiger partial charge in [0.25, 0.3) is 11.7 Å². The van der Waals surface area contributed by atoms with Gasteiger partial charge < -0.3 is 0 Å². The minimum Gasteiger partial charge on any atom is -0.296 e. The molecule has 0 unspecified atom stereocenters. The number of rotatable bonds is 2. The fourth-order valence-corrected chi connectivity index (χ4v) is 2.42. The van der Waals surface area contributed by atoms with E-state index in [4.69, 9.17) is 23.2 Å². The lowest BCUT2D eigenvalue weighted by Gasteiger charge is -2.16. The van der Waals surface area contributed by atoms with Crippen molar-refractivity contribution in [1.29, 1.82) is 0 Å². The predicted molar refractivity (Wildman–Crippen MR) is 74.0 cm³/mol. The van der Waals surface area contributed by atoms with Crippen molar-refractivity contribution in [2.24, 2.45) is 0 Å². The number of carbonyl (C=O) groups excluding carboxylic acids is 2. The van der Waals surface area contributed by atoms with Crippen LogP contribution in [0.15, 0.2) is 24.5 Å². The van der Waals surface area contributed by atoms with E-state index >= 15 is 0 Å². The van der Waals surface area contributed by atoms with Gasteiger partial charge in [-0.15, -0.1) is 0 Å². The number of anilines is 1. The lowest BCUT2D eigenvalue weighted by atomic mass is 10.1. The highest BCUT2D eigenvalue weighted by atomic mass is 35.5. The average molecular weight is 326 g/mol. The normalized spacial score (nSPS) is 13.8. The number of hydrogen-bond acceptors (Lipinski definition) is 4. The summed E-state index contributed by atoms with van der Waals surface area (Å²) in [6, 6.07) is 2.35. The molecular formula is C13H6Cl2FN3O2. The van der Waals surface area contributed by atoms with Gasteiger partial charge in [0, 0.05) is 0 Å². The van der Waals surface area contributed by atoms with Gasteiger partial charge in [-0.2, -0.15) is 0 Å². The fraction of sp³-hybridized carbons (Fsp3) is 0.0769. The Morgan fingerprint density at radius 1 is 1.14 bits per heavy atom. The van der Waals surface area contributed by atoms with Crippen LogP contribution in [0, 0.1) is 5.82 Å². The topological polar surface area (TPSA) is 63.2 Å². The molecule has 1 aromatic carbocycles. The molecule has 21 heavy (non-hydrogen) atoms. The first-order valence-electron chi connectivity index (χ1n) is 5.79. The maximum Gasteiger partial charge on any atom is 0.299 e. The summed E-state index contributed by atoms with van der Waals surface area (Å²) in [7, 11) is 0. The molecule has 0 radical (unpaired) electrons. The summed E-state index contributed by atoms with van der Waals surface area (Å²) in [6.07, 6.45) is 2.65. The number of hydrogen-bond donors (Lipinski definition) is 0. The molecule has 8 heteroatoms. The first-order valence-corrected chi connectivity index (χ1v) is 6.55. The Morgan fingerprint density at radius 3 is 2.57 bits per heavy atom. The van der Waals surface area contributed by atoms with Crippen molar-refractivity contribution in [2.45, 2.75) is 6.54 Å². The van der Waals surface area contributed by atoms with Crippen LogP contribution >= 0.6 is 23.2 Å². The van der Waals surface area contributed by atoms with Gasteiger partial charge in [-0.25, -0.2) is 9.37 Å². The van der Waals surface area contributed by atoms with Crippen LogP contribution in [0.25, 0.3) is 0 Å². The number of Topliss-reactive ketones (excluding diaryl/α,β-unsaturated/α-hetero) is 1. The summed E-state index contributed by atoms with van der Waals surface area (Å²) in [5.41, 5.74) is 0.116. The Labute approximate surface area is 128 Å². The lowest BCUT2D eigenvalue weighted by Crippen LogP contribution is -2.30. The summed E-state index contributed by atoms with van der Waals surface area (Å²) in [5.74, 6) is -2.39. The molecule has 0 aliphatic carbocycles. The van der Waals surface area contributed by atoms with E-state index in [1.54, 1.807) is 0 Å². The van der Waals surface area contributed by atoms with Crippen molar-refractivity contribution >= 4 is 40.6 Å². The Balaban J connectivity index is 2.05. The standard InChI is InChI=1S/C13H6Cl2FN3O2/c14-7-1-2-8(16)11-10(7)12(20)13(21)19(11)5-6-3-18-9(15)4-17-6/h1-4H,5H2. The van der Waals surface area contributed by atoms with Crippen molar-refractivity contribution < 1.29 is 14.0 Å². The first kappa shape index (κ1) is 13.9. The van der Waals surface area contributed by atoms with Gasteiger partial charge in [0.1, 0.15) is 11.0 Å². The van der Waals surface area contributed by atoms with E-state index in [1.807, 2.05) is 0 Å². The van der Waals surface area contributed by atoms with E-state index in [9.17, 15) is 14.0 Å². The third kappa shape index (κ3) is 2.26. The molecule has 3 rings (SSSR count). The maximum absolute atomic E-state index is 14.0. The highest BCUT2D eigenvalue weighted by Crippen LogP contribution is 2.37. The second kappa shape index (κ2) is 5.05. The number of ketones is 1. The molecule has 1 amide bonds. The number of benzene rings is 1. The van der Waals surface area contributed by atoms with Gasteiger partial charge in [0.15, 0.2) is 0 Å². The molecule has 0 fully saturated rings. The summed E-state index contributed by atoms with van der Waals surface area (Å²) in [5, 5.41) is 0.228. The zero-order valence-electron chi connectivity index (χ0n) is 10.3. The van der Waals surface area contributed by atoms with Gasteiger partial charge in [-0.3, -0.25) is 19.5 Å². The number of aromatic nitrogens is 2. The van der Waals surface area contributed by atoms with Crippen LogP contribution < -0.4 is 4.90 Å². The number of amides is 1. The van der Waals surface area contributed by atoms with Crippen molar-refractivity contribution in [3.05, 3.63) is 51.8 Å². The molecule has 2 heterocycles. The third-order valence-corrected chi connectivity index (χ3v) is 3.52. The Bertz CT molecular complexity index is 765. The second-order valence-corrected chi connectivity index (χ2v) is 5.10. The summed E-state index contributed by atoms with van der Waals surface area (Å²) < 4.78 is 14.0. The molecule has 0 N–H and O–H groups in total. The van der Waals surface area contributed by atoms with E-state index in [1.165, 1.54) is 18.5 Å². The molecule has 0 saturated carbocycles. The molecule has 2 aromatic rings. The molecule has 1 aliphatic heterocycles. The fourth-order valence-electron chi connectivity index (χ4n) is 2.09. The van der Waals surface area contributed by atoms with Crippen LogP contribution in [-0.2, 0) is 11.3 Å². The van der Waals surface area contributed by atoms with Crippen molar-refractivity contribution in [3.63, 3.8) is 0 Å². The van der Waals surface area contributed by atoms with E-state index in [0.29, 0.717) is 5.69 Å². The highest BCUT2D eigenvalue weighted by molar-refractivity contribution is 6.55. The van der Waals surface area contributed by atoms with Crippen LogP contribution in [0.3, 0.4) is 0 Å². The monoisotopic (exact) mass is 325 g/mol. The zero-order valence-corrected chi connectivity index (χ0v) is 11.8. The predicted octanol–water partition coefficient (Wildman–Crippen LogP) is 2.65. The third-order valence-electron chi connectivity index (χ3n) is 3.01. The van der Waals surface area contributed by atoms with Crippen LogP contribution in [0.5, 0.6) is 0 Å². The Kier molecular flexibility index (Phi) is 3.35. The Morgan fingerprint density at radius 2 is 1.90 bits per heavy atom. The largest absolute Gasteiger partial charge is 0.299 e. The van der Waals surface area contributed by atoms with Crippen molar-refractivity contribution in [3.8, 4) is 0 Å².